The number of nitro benzene ring substituents is 1. The Labute approximate surface area is 184 Å². The van der Waals surface area contributed by atoms with Crippen LogP contribution in [-0.2, 0) is 4.79 Å². The van der Waals surface area contributed by atoms with E-state index in [-0.39, 0.29) is 17.5 Å². The molecule has 8 heteroatoms. The Morgan fingerprint density at radius 3 is 2.32 bits per heavy atom. The molecule has 2 N–H and O–H groups in total. The van der Waals surface area contributed by atoms with Gasteiger partial charge in [-0.2, -0.15) is 0 Å². The molecule has 3 aromatic carbocycles. The van der Waals surface area contributed by atoms with Crippen LogP contribution in [0.5, 0.6) is 0 Å². The van der Waals surface area contributed by atoms with Gasteiger partial charge in [0.25, 0.3) is 11.6 Å². The van der Waals surface area contributed by atoms with Crippen LogP contribution in [0.4, 0.5) is 17.1 Å². The summed E-state index contributed by atoms with van der Waals surface area (Å²) in [6.45, 7) is 3.65. The van der Waals surface area contributed by atoms with Gasteiger partial charge < -0.3 is 10.6 Å². The number of aryl methyl sites for hydroxylation is 1. The topological polar surface area (TPSA) is 101 Å². The molecule has 0 saturated carbocycles. The molecule has 0 aliphatic carbocycles. The van der Waals surface area contributed by atoms with Crippen molar-refractivity contribution in [1.29, 1.82) is 0 Å². The minimum atomic E-state index is -0.491. The maximum absolute atomic E-state index is 12.5. The predicted molar refractivity (Wildman–Crippen MR) is 123 cm³/mol. The van der Waals surface area contributed by atoms with Crippen LogP contribution >= 0.6 is 11.8 Å². The van der Waals surface area contributed by atoms with Gasteiger partial charge in [0.05, 0.1) is 10.2 Å². The summed E-state index contributed by atoms with van der Waals surface area (Å²) in [6.07, 6.45) is 0. The lowest BCUT2D eigenvalue weighted by atomic mass is 10.1. The summed E-state index contributed by atoms with van der Waals surface area (Å²) in [7, 11) is 0. The van der Waals surface area contributed by atoms with Crippen LogP contribution in [0.2, 0.25) is 0 Å². The van der Waals surface area contributed by atoms with Gasteiger partial charge in [0.2, 0.25) is 5.91 Å². The summed E-state index contributed by atoms with van der Waals surface area (Å²) in [5.41, 5.74) is 2.59. The van der Waals surface area contributed by atoms with E-state index in [0.717, 1.165) is 10.5 Å². The standard InChI is InChI=1S/C23H21N3O4S/c1-15-6-3-4-9-21(15)23(28)25-18-7-5-8-20(14-18)31-16(2)22(27)24-17-10-12-19(13-11-17)26(29)30/h3-14,16H,1-2H3,(H,24,27)(H,25,28). The lowest BCUT2D eigenvalue weighted by Gasteiger charge is -2.13. The van der Waals surface area contributed by atoms with E-state index in [9.17, 15) is 19.7 Å². The maximum atomic E-state index is 12.5. The van der Waals surface area contributed by atoms with Crippen molar-refractivity contribution in [3.8, 4) is 0 Å². The zero-order valence-electron chi connectivity index (χ0n) is 17.0. The van der Waals surface area contributed by atoms with E-state index in [2.05, 4.69) is 10.6 Å². The van der Waals surface area contributed by atoms with Crippen molar-refractivity contribution in [3.05, 3.63) is 94.0 Å². The lowest BCUT2D eigenvalue weighted by molar-refractivity contribution is -0.384. The monoisotopic (exact) mass is 435 g/mol. The van der Waals surface area contributed by atoms with Crippen molar-refractivity contribution in [1.82, 2.24) is 0 Å². The third-order valence-electron chi connectivity index (χ3n) is 4.51. The number of anilines is 2. The van der Waals surface area contributed by atoms with Gasteiger partial charge in [0.15, 0.2) is 0 Å². The summed E-state index contributed by atoms with van der Waals surface area (Å²) in [5.74, 6) is -0.419. The smallest absolute Gasteiger partial charge is 0.269 e. The second-order valence-corrected chi connectivity index (χ2v) is 8.26. The zero-order valence-corrected chi connectivity index (χ0v) is 17.8. The van der Waals surface area contributed by atoms with Gasteiger partial charge in [0.1, 0.15) is 0 Å². The van der Waals surface area contributed by atoms with E-state index in [1.807, 2.05) is 43.3 Å². The Morgan fingerprint density at radius 2 is 1.65 bits per heavy atom. The Kier molecular flexibility index (Phi) is 7.04. The molecule has 31 heavy (non-hydrogen) atoms. The molecule has 0 aromatic heterocycles. The number of nitrogens with one attached hydrogen (secondary N) is 2. The van der Waals surface area contributed by atoms with Crippen molar-refractivity contribution in [2.45, 2.75) is 24.0 Å². The van der Waals surface area contributed by atoms with Crippen LogP contribution < -0.4 is 10.6 Å². The molecule has 0 heterocycles. The van der Waals surface area contributed by atoms with Crippen molar-refractivity contribution in [2.75, 3.05) is 10.6 Å². The van der Waals surface area contributed by atoms with E-state index in [0.29, 0.717) is 16.9 Å². The minimum Gasteiger partial charge on any atom is -0.325 e. The van der Waals surface area contributed by atoms with Gasteiger partial charge in [-0.1, -0.05) is 24.3 Å². The lowest BCUT2D eigenvalue weighted by Crippen LogP contribution is -2.22. The average molecular weight is 436 g/mol. The van der Waals surface area contributed by atoms with Crippen LogP contribution in [0.3, 0.4) is 0 Å². The molecule has 2 amide bonds. The van der Waals surface area contributed by atoms with Crippen LogP contribution in [0.1, 0.15) is 22.8 Å². The molecule has 3 aromatic rings. The number of amides is 2. The first kappa shape index (κ1) is 22.0. The number of carbonyl (C=O) groups is 2. The maximum Gasteiger partial charge on any atom is 0.269 e. The average Bonchev–Trinajstić information content (AvgIpc) is 2.74. The first-order valence-corrected chi connectivity index (χ1v) is 10.4. The SMILES string of the molecule is Cc1ccccc1C(=O)Nc1cccc(SC(C)C(=O)Nc2ccc([N+](=O)[O-])cc2)c1. The summed E-state index contributed by atoms with van der Waals surface area (Å²) in [6, 6.07) is 20.3. The van der Waals surface area contributed by atoms with E-state index in [1.165, 1.54) is 36.0 Å². The van der Waals surface area contributed by atoms with Gasteiger partial charge in [-0.3, -0.25) is 19.7 Å². The molecule has 1 unspecified atom stereocenters. The van der Waals surface area contributed by atoms with Crippen molar-refractivity contribution >= 4 is 40.6 Å². The second kappa shape index (κ2) is 9.90. The fourth-order valence-electron chi connectivity index (χ4n) is 2.84. The fourth-order valence-corrected chi connectivity index (χ4v) is 3.77. The zero-order chi connectivity index (χ0) is 22.4. The number of benzene rings is 3. The third-order valence-corrected chi connectivity index (χ3v) is 5.60. The number of hydrogen-bond acceptors (Lipinski definition) is 5. The number of hydrogen-bond donors (Lipinski definition) is 2. The molecule has 0 saturated heterocycles. The molecule has 0 fully saturated rings. The molecular weight excluding hydrogens is 414 g/mol. The van der Waals surface area contributed by atoms with E-state index < -0.39 is 10.2 Å². The van der Waals surface area contributed by atoms with Crippen LogP contribution in [0, 0.1) is 17.0 Å². The second-order valence-electron chi connectivity index (χ2n) is 6.85. The van der Waals surface area contributed by atoms with Crippen molar-refractivity contribution in [2.24, 2.45) is 0 Å². The summed E-state index contributed by atoms with van der Waals surface area (Å²) in [5, 5.41) is 15.9. The van der Waals surface area contributed by atoms with Gasteiger partial charge >= 0.3 is 0 Å². The first-order chi connectivity index (χ1) is 14.8. The molecule has 0 spiro atoms. The highest BCUT2D eigenvalue weighted by atomic mass is 32.2. The van der Waals surface area contributed by atoms with Gasteiger partial charge in [-0.25, -0.2) is 0 Å². The van der Waals surface area contributed by atoms with E-state index >= 15 is 0 Å². The number of thioether (sulfide) groups is 1. The Hall–Kier alpha value is -3.65. The molecular formula is C23H21N3O4S. The number of nitrogens with zero attached hydrogens (tertiary/aromatic N) is 1. The molecule has 158 valence electrons. The van der Waals surface area contributed by atoms with Crippen molar-refractivity contribution in [3.63, 3.8) is 0 Å². The molecule has 0 bridgehead atoms. The molecule has 0 aliphatic heterocycles. The number of carbonyl (C=O) groups excluding carboxylic acids is 2. The Balaban J connectivity index is 1.61. The summed E-state index contributed by atoms with van der Waals surface area (Å²) in [4.78, 5) is 36.1. The van der Waals surface area contributed by atoms with Crippen LogP contribution in [0.25, 0.3) is 0 Å². The molecule has 1 atom stereocenters. The number of nitro groups is 1. The van der Waals surface area contributed by atoms with Crippen LogP contribution in [0.15, 0.2) is 77.7 Å². The first-order valence-electron chi connectivity index (χ1n) is 9.52. The summed E-state index contributed by atoms with van der Waals surface area (Å²) < 4.78 is 0. The largest absolute Gasteiger partial charge is 0.325 e. The molecule has 3 rings (SSSR count). The highest BCUT2D eigenvalue weighted by Gasteiger charge is 2.16. The minimum absolute atomic E-state index is 0.0371. The normalized spacial score (nSPS) is 11.4. The Bertz CT molecular complexity index is 1120. The molecule has 0 radical (unpaired) electrons. The van der Waals surface area contributed by atoms with Crippen molar-refractivity contribution < 1.29 is 14.5 Å². The quantitative estimate of drug-likeness (QED) is 0.299. The predicted octanol–water partition coefficient (Wildman–Crippen LogP) is 5.27. The number of rotatable bonds is 7. The highest BCUT2D eigenvalue weighted by Crippen LogP contribution is 2.27. The van der Waals surface area contributed by atoms with Gasteiger partial charge in [0, 0.05) is 34.0 Å². The fraction of sp³-hybridized carbons (Fsp3) is 0.130. The van der Waals surface area contributed by atoms with E-state index in [1.54, 1.807) is 19.1 Å². The van der Waals surface area contributed by atoms with Crippen LogP contribution in [-0.4, -0.2) is 22.0 Å². The van der Waals surface area contributed by atoms with Gasteiger partial charge in [-0.05, 0) is 55.8 Å². The Morgan fingerprint density at radius 1 is 0.935 bits per heavy atom. The van der Waals surface area contributed by atoms with E-state index in [4.69, 9.17) is 0 Å². The highest BCUT2D eigenvalue weighted by molar-refractivity contribution is 8.00. The molecule has 0 aliphatic rings. The van der Waals surface area contributed by atoms with Gasteiger partial charge in [-0.15, -0.1) is 11.8 Å². The number of non-ortho nitro benzene ring substituents is 1. The summed E-state index contributed by atoms with van der Waals surface area (Å²) >= 11 is 1.35. The molecule has 7 nitrogen and oxygen atoms in total. The third kappa shape index (κ3) is 5.93.